The molecule has 3 unspecified atom stereocenters. The molecule has 2 rings (SSSR count). The van der Waals surface area contributed by atoms with Gasteiger partial charge in [-0.05, 0) is 55.3 Å². The quantitative estimate of drug-likeness (QED) is 0.690. The molecular weight excluding hydrogens is 316 g/mol. The molecule has 1 fully saturated rings. The first kappa shape index (κ1) is 19.6. The Morgan fingerprint density at radius 3 is 2.33 bits per heavy atom. The number of aliphatic hydroxyl groups excluding tert-OH is 1. The second-order valence-electron chi connectivity index (χ2n) is 8.32. The van der Waals surface area contributed by atoms with Crippen LogP contribution in [0.15, 0.2) is 24.3 Å². The van der Waals surface area contributed by atoms with Gasteiger partial charge in [0.1, 0.15) is 0 Å². The molecule has 1 radical (unpaired) electrons. The molecule has 0 bridgehead atoms. The summed E-state index contributed by atoms with van der Waals surface area (Å²) < 4.78 is 12.5. The molecule has 0 spiro atoms. The number of ether oxygens (including phenoxy) is 1. The van der Waals surface area contributed by atoms with Crippen molar-refractivity contribution in [3.8, 4) is 0 Å². The summed E-state index contributed by atoms with van der Waals surface area (Å²) in [6, 6.07) is 8.42. The van der Waals surface area contributed by atoms with E-state index >= 15 is 0 Å². The summed E-state index contributed by atoms with van der Waals surface area (Å²) in [6.45, 7) is 13.4. The van der Waals surface area contributed by atoms with E-state index in [0.29, 0.717) is 12.5 Å². The van der Waals surface area contributed by atoms with Crippen LogP contribution in [0.5, 0.6) is 0 Å². The Kier molecular flexibility index (Phi) is 6.65. The smallest absolute Gasteiger partial charge is 0.205 e. The molecule has 24 heavy (non-hydrogen) atoms. The lowest BCUT2D eigenvalue weighted by molar-refractivity contribution is -0.0508. The minimum Gasteiger partial charge on any atom is -0.410 e. The van der Waals surface area contributed by atoms with Crippen molar-refractivity contribution in [1.82, 2.24) is 0 Å². The van der Waals surface area contributed by atoms with Crippen LogP contribution in [0.3, 0.4) is 0 Å². The first-order valence-corrected chi connectivity index (χ1v) is 11.4. The first-order chi connectivity index (χ1) is 11.2. The van der Waals surface area contributed by atoms with Gasteiger partial charge in [-0.25, -0.2) is 0 Å². The summed E-state index contributed by atoms with van der Waals surface area (Å²) in [4.78, 5) is 0. The van der Waals surface area contributed by atoms with Crippen molar-refractivity contribution in [2.75, 3.05) is 0 Å². The molecule has 0 aliphatic heterocycles. The number of hydrogen-bond donors (Lipinski definition) is 1. The number of aliphatic hydroxyl groups is 1. The Morgan fingerprint density at radius 2 is 1.83 bits per heavy atom. The van der Waals surface area contributed by atoms with Gasteiger partial charge in [0.2, 0.25) is 9.04 Å². The lowest BCUT2D eigenvalue weighted by Gasteiger charge is -2.34. The molecular formula is C20H33O3Si. The summed E-state index contributed by atoms with van der Waals surface area (Å²) in [5.41, 5.74) is 2.42. The zero-order valence-electron chi connectivity index (χ0n) is 16.0. The highest BCUT2D eigenvalue weighted by molar-refractivity contribution is 6.48. The zero-order chi connectivity index (χ0) is 17.9. The summed E-state index contributed by atoms with van der Waals surface area (Å²) in [5, 5.41) is 9.98. The van der Waals surface area contributed by atoms with E-state index in [1.807, 2.05) is 6.92 Å². The first-order valence-electron chi connectivity index (χ1n) is 9.04. The predicted molar refractivity (Wildman–Crippen MR) is 100 cm³/mol. The fraction of sp³-hybridized carbons (Fsp3) is 0.700. The summed E-state index contributed by atoms with van der Waals surface area (Å²) >= 11 is 0. The molecule has 1 saturated carbocycles. The lowest BCUT2D eigenvalue weighted by atomic mass is 9.83. The average Bonchev–Trinajstić information content (AvgIpc) is 3.29. The second kappa shape index (κ2) is 8.13. The molecule has 0 saturated heterocycles. The average molecular weight is 350 g/mol. The van der Waals surface area contributed by atoms with E-state index in [1.54, 1.807) is 0 Å². The molecule has 0 amide bonds. The maximum absolute atomic E-state index is 9.98. The molecule has 0 aromatic heterocycles. The van der Waals surface area contributed by atoms with E-state index in [9.17, 15) is 5.11 Å². The van der Waals surface area contributed by atoms with Crippen molar-refractivity contribution in [2.24, 2.45) is 11.3 Å². The van der Waals surface area contributed by atoms with E-state index in [4.69, 9.17) is 9.16 Å². The SMILES string of the molecule is CC(O)C(OCc1ccccc1C(O[Si](C)C)C(C)(C)C)C1CC1. The molecule has 1 aromatic rings. The molecule has 3 atom stereocenters. The molecule has 135 valence electrons. The summed E-state index contributed by atoms with van der Waals surface area (Å²) in [7, 11) is -0.807. The molecule has 0 heterocycles. The van der Waals surface area contributed by atoms with Crippen LogP contribution < -0.4 is 0 Å². The van der Waals surface area contributed by atoms with Gasteiger partial charge < -0.3 is 14.3 Å². The molecule has 4 heteroatoms. The number of benzene rings is 1. The Bertz CT molecular complexity index is 516. The van der Waals surface area contributed by atoms with Gasteiger partial charge >= 0.3 is 0 Å². The normalized spacial score (nSPS) is 19.3. The van der Waals surface area contributed by atoms with Crippen molar-refractivity contribution in [3.05, 3.63) is 35.4 Å². The Labute approximate surface area is 149 Å². The van der Waals surface area contributed by atoms with Gasteiger partial charge in [-0.1, -0.05) is 45.0 Å². The van der Waals surface area contributed by atoms with Crippen LogP contribution in [0, 0.1) is 11.3 Å². The molecule has 3 nitrogen and oxygen atoms in total. The predicted octanol–water partition coefficient (Wildman–Crippen LogP) is 4.72. The third kappa shape index (κ3) is 5.41. The van der Waals surface area contributed by atoms with Crippen molar-refractivity contribution >= 4 is 9.04 Å². The van der Waals surface area contributed by atoms with E-state index in [1.165, 1.54) is 24.0 Å². The zero-order valence-corrected chi connectivity index (χ0v) is 17.0. The van der Waals surface area contributed by atoms with Crippen molar-refractivity contribution < 1.29 is 14.3 Å². The van der Waals surface area contributed by atoms with Crippen LogP contribution in [0.25, 0.3) is 0 Å². The van der Waals surface area contributed by atoms with E-state index in [-0.39, 0.29) is 17.6 Å². The maximum atomic E-state index is 9.98. The molecule has 1 N–H and O–H groups in total. The highest BCUT2D eigenvalue weighted by Gasteiger charge is 2.35. The van der Waals surface area contributed by atoms with Gasteiger partial charge in [0, 0.05) is 0 Å². The van der Waals surface area contributed by atoms with Gasteiger partial charge in [-0.15, -0.1) is 0 Å². The molecule has 1 aliphatic carbocycles. The lowest BCUT2D eigenvalue weighted by Crippen LogP contribution is -2.29. The fourth-order valence-electron chi connectivity index (χ4n) is 3.14. The van der Waals surface area contributed by atoms with Crippen LogP contribution >= 0.6 is 0 Å². The Hall–Kier alpha value is -0.683. The standard InChI is InChI=1S/C20H33O3Si/c1-14(21)18(15-11-12-15)22-13-16-9-7-8-10-17(16)19(20(2,3)4)23-24(5)6/h7-10,14-15,18-19,21H,11-13H2,1-6H3. The van der Waals surface area contributed by atoms with Crippen LogP contribution in [-0.2, 0) is 15.8 Å². The van der Waals surface area contributed by atoms with Crippen LogP contribution in [0.1, 0.15) is 57.8 Å². The minimum atomic E-state index is -0.807. The second-order valence-corrected chi connectivity index (χ2v) is 10.4. The largest absolute Gasteiger partial charge is 0.410 e. The molecule has 1 aromatic carbocycles. The van der Waals surface area contributed by atoms with Gasteiger partial charge in [0.05, 0.1) is 24.9 Å². The maximum Gasteiger partial charge on any atom is 0.205 e. The fourth-order valence-corrected chi connectivity index (χ4v) is 4.10. The van der Waals surface area contributed by atoms with E-state index in [0.717, 1.165) is 0 Å². The highest BCUT2D eigenvalue weighted by Crippen LogP contribution is 2.39. The van der Waals surface area contributed by atoms with E-state index in [2.05, 4.69) is 58.1 Å². The van der Waals surface area contributed by atoms with Crippen LogP contribution in [-0.4, -0.2) is 26.4 Å². The topological polar surface area (TPSA) is 38.7 Å². The van der Waals surface area contributed by atoms with E-state index < -0.39 is 15.1 Å². The summed E-state index contributed by atoms with van der Waals surface area (Å²) in [6.07, 6.45) is 1.93. The van der Waals surface area contributed by atoms with Gasteiger partial charge in [0.25, 0.3) is 0 Å². The number of hydrogen-bond acceptors (Lipinski definition) is 3. The van der Waals surface area contributed by atoms with Gasteiger partial charge in [0.15, 0.2) is 0 Å². The van der Waals surface area contributed by atoms with Crippen LogP contribution in [0.2, 0.25) is 13.1 Å². The van der Waals surface area contributed by atoms with Gasteiger partial charge in [-0.3, -0.25) is 0 Å². The van der Waals surface area contributed by atoms with Crippen LogP contribution in [0.4, 0.5) is 0 Å². The monoisotopic (exact) mass is 349 g/mol. The van der Waals surface area contributed by atoms with Gasteiger partial charge in [-0.2, -0.15) is 0 Å². The Balaban J connectivity index is 2.18. The highest BCUT2D eigenvalue weighted by atomic mass is 28.3. The summed E-state index contributed by atoms with van der Waals surface area (Å²) in [5.74, 6) is 0.521. The number of rotatable bonds is 8. The van der Waals surface area contributed by atoms with Crippen molar-refractivity contribution in [3.63, 3.8) is 0 Å². The minimum absolute atomic E-state index is 0.0260. The Morgan fingerprint density at radius 1 is 1.21 bits per heavy atom. The third-order valence-electron chi connectivity index (χ3n) is 4.47. The van der Waals surface area contributed by atoms with Crippen molar-refractivity contribution in [1.29, 1.82) is 0 Å². The molecule has 1 aliphatic rings. The third-order valence-corrected chi connectivity index (χ3v) is 5.18. The van der Waals surface area contributed by atoms with Crippen molar-refractivity contribution in [2.45, 2.75) is 78.5 Å².